The SMILES string of the molecule is CC(C)(C)N1CC(NC(=O)Nc2cc(Cl)ccc2O)CC1=O. The Morgan fingerprint density at radius 3 is 2.68 bits per heavy atom. The first-order valence-electron chi connectivity index (χ1n) is 7.03. The van der Waals surface area contributed by atoms with E-state index in [4.69, 9.17) is 11.6 Å². The molecule has 120 valence electrons. The maximum Gasteiger partial charge on any atom is 0.319 e. The van der Waals surface area contributed by atoms with Gasteiger partial charge in [0.25, 0.3) is 0 Å². The molecule has 0 radical (unpaired) electrons. The molecule has 22 heavy (non-hydrogen) atoms. The van der Waals surface area contributed by atoms with Crippen molar-refractivity contribution in [3.8, 4) is 5.75 Å². The number of amides is 3. The van der Waals surface area contributed by atoms with E-state index in [9.17, 15) is 14.7 Å². The molecule has 6 nitrogen and oxygen atoms in total. The van der Waals surface area contributed by atoms with Gasteiger partial charge in [-0.25, -0.2) is 4.79 Å². The minimum atomic E-state index is -0.480. The first kappa shape index (κ1) is 16.4. The van der Waals surface area contributed by atoms with Gasteiger partial charge in [-0.05, 0) is 39.0 Å². The van der Waals surface area contributed by atoms with Gasteiger partial charge in [-0.1, -0.05) is 11.6 Å². The third-order valence-electron chi connectivity index (χ3n) is 3.48. The molecule has 0 aromatic heterocycles. The summed E-state index contributed by atoms with van der Waals surface area (Å²) in [4.78, 5) is 25.7. The molecule has 1 aliphatic rings. The zero-order chi connectivity index (χ0) is 16.5. The van der Waals surface area contributed by atoms with E-state index in [-0.39, 0.29) is 35.3 Å². The number of phenolic OH excluding ortho intramolecular Hbond substituents is 1. The molecule has 3 amide bonds. The molecule has 1 fully saturated rings. The summed E-state index contributed by atoms with van der Waals surface area (Å²) < 4.78 is 0. The van der Waals surface area contributed by atoms with Crippen LogP contribution in [0.15, 0.2) is 18.2 Å². The average molecular weight is 326 g/mol. The van der Waals surface area contributed by atoms with Crippen LogP contribution in [0.25, 0.3) is 0 Å². The van der Waals surface area contributed by atoms with Crippen molar-refractivity contribution in [1.82, 2.24) is 10.2 Å². The summed E-state index contributed by atoms with van der Waals surface area (Å²) in [5.74, 6) is -0.0539. The minimum Gasteiger partial charge on any atom is -0.506 e. The van der Waals surface area contributed by atoms with E-state index in [1.54, 1.807) is 4.90 Å². The zero-order valence-electron chi connectivity index (χ0n) is 12.8. The average Bonchev–Trinajstić information content (AvgIpc) is 2.74. The molecule has 1 aromatic rings. The summed E-state index contributed by atoms with van der Waals surface area (Å²) in [5.41, 5.74) is -0.0446. The van der Waals surface area contributed by atoms with Crippen molar-refractivity contribution in [3.05, 3.63) is 23.2 Å². The largest absolute Gasteiger partial charge is 0.506 e. The number of hydrogen-bond donors (Lipinski definition) is 3. The van der Waals surface area contributed by atoms with Crippen molar-refractivity contribution < 1.29 is 14.7 Å². The molecule has 2 rings (SSSR count). The Morgan fingerprint density at radius 2 is 2.09 bits per heavy atom. The number of hydrogen-bond acceptors (Lipinski definition) is 3. The maximum absolute atomic E-state index is 12.0. The van der Waals surface area contributed by atoms with Gasteiger partial charge in [-0.15, -0.1) is 0 Å². The fraction of sp³-hybridized carbons (Fsp3) is 0.467. The molecule has 7 heteroatoms. The molecule has 1 saturated heterocycles. The smallest absolute Gasteiger partial charge is 0.319 e. The molecule has 0 saturated carbocycles. The number of aromatic hydroxyl groups is 1. The zero-order valence-corrected chi connectivity index (χ0v) is 13.6. The fourth-order valence-corrected chi connectivity index (χ4v) is 2.58. The fourth-order valence-electron chi connectivity index (χ4n) is 2.40. The van der Waals surface area contributed by atoms with Gasteiger partial charge in [-0.2, -0.15) is 0 Å². The van der Waals surface area contributed by atoms with E-state index >= 15 is 0 Å². The second-order valence-corrected chi connectivity index (χ2v) is 6.77. The highest BCUT2D eigenvalue weighted by atomic mass is 35.5. The predicted octanol–water partition coefficient (Wildman–Crippen LogP) is 2.57. The number of benzene rings is 1. The van der Waals surface area contributed by atoms with Crippen LogP contribution >= 0.6 is 11.6 Å². The van der Waals surface area contributed by atoms with Gasteiger partial charge in [0.1, 0.15) is 5.75 Å². The summed E-state index contributed by atoms with van der Waals surface area (Å²) in [7, 11) is 0. The highest BCUT2D eigenvalue weighted by Gasteiger charge is 2.36. The maximum atomic E-state index is 12.0. The molecule has 3 N–H and O–H groups in total. The van der Waals surface area contributed by atoms with Crippen LogP contribution in [-0.4, -0.2) is 40.1 Å². The van der Waals surface area contributed by atoms with Gasteiger partial charge < -0.3 is 20.6 Å². The van der Waals surface area contributed by atoms with E-state index in [0.717, 1.165) is 0 Å². The van der Waals surface area contributed by atoms with Crippen molar-refractivity contribution in [2.45, 2.75) is 38.8 Å². The number of urea groups is 1. The number of likely N-dealkylation sites (tertiary alicyclic amines) is 1. The number of nitrogens with zero attached hydrogens (tertiary/aromatic N) is 1. The first-order valence-corrected chi connectivity index (χ1v) is 7.41. The monoisotopic (exact) mass is 325 g/mol. The second kappa shape index (κ2) is 6.04. The van der Waals surface area contributed by atoms with E-state index in [1.807, 2.05) is 20.8 Å². The van der Waals surface area contributed by atoms with E-state index < -0.39 is 6.03 Å². The standard InChI is InChI=1S/C15H20ClN3O3/c1-15(2,3)19-8-10(7-13(19)21)17-14(22)18-11-6-9(16)4-5-12(11)20/h4-6,10,20H,7-8H2,1-3H3,(H2,17,18,22). The number of carbonyl (C=O) groups is 2. The Bertz CT molecular complexity index is 598. The van der Waals surface area contributed by atoms with Crippen LogP contribution in [-0.2, 0) is 4.79 Å². The Labute approximate surface area is 134 Å². The first-order chi connectivity index (χ1) is 10.2. The third-order valence-corrected chi connectivity index (χ3v) is 3.71. The highest BCUT2D eigenvalue weighted by molar-refractivity contribution is 6.31. The van der Waals surface area contributed by atoms with E-state index in [1.165, 1.54) is 18.2 Å². The number of halogens is 1. The van der Waals surface area contributed by atoms with Gasteiger partial charge in [0.15, 0.2) is 0 Å². The molecule has 1 unspecified atom stereocenters. The molecule has 0 spiro atoms. The number of carbonyl (C=O) groups excluding carboxylic acids is 2. The van der Waals surface area contributed by atoms with Gasteiger partial charge in [0.2, 0.25) is 5.91 Å². The molecular weight excluding hydrogens is 306 g/mol. The summed E-state index contributed by atoms with van der Waals surface area (Å²) in [6.07, 6.45) is 0.270. The quantitative estimate of drug-likeness (QED) is 0.731. The van der Waals surface area contributed by atoms with Crippen LogP contribution in [0.3, 0.4) is 0 Å². The number of phenols is 1. The number of rotatable bonds is 2. The van der Waals surface area contributed by atoms with Crippen molar-refractivity contribution in [2.75, 3.05) is 11.9 Å². The predicted molar refractivity (Wildman–Crippen MR) is 85.1 cm³/mol. The lowest BCUT2D eigenvalue weighted by molar-refractivity contribution is -0.131. The van der Waals surface area contributed by atoms with Crippen LogP contribution in [0, 0.1) is 0 Å². The lowest BCUT2D eigenvalue weighted by Gasteiger charge is -2.32. The van der Waals surface area contributed by atoms with Gasteiger partial charge in [0.05, 0.1) is 11.7 Å². The van der Waals surface area contributed by atoms with Crippen LogP contribution < -0.4 is 10.6 Å². The Balaban J connectivity index is 1.96. The number of anilines is 1. The lowest BCUT2D eigenvalue weighted by atomic mass is 10.1. The van der Waals surface area contributed by atoms with Gasteiger partial charge in [-0.3, -0.25) is 4.79 Å². The molecule has 1 heterocycles. The Hall–Kier alpha value is -1.95. The Morgan fingerprint density at radius 1 is 1.41 bits per heavy atom. The highest BCUT2D eigenvalue weighted by Crippen LogP contribution is 2.26. The van der Waals surface area contributed by atoms with Crippen molar-refractivity contribution in [2.24, 2.45) is 0 Å². The molecule has 1 aliphatic heterocycles. The third kappa shape index (κ3) is 3.82. The molecule has 1 aromatic carbocycles. The molecular formula is C15H20ClN3O3. The van der Waals surface area contributed by atoms with E-state index in [2.05, 4.69) is 10.6 Å². The van der Waals surface area contributed by atoms with Crippen LogP contribution in [0.2, 0.25) is 5.02 Å². The summed E-state index contributed by atoms with van der Waals surface area (Å²) in [6.45, 7) is 6.34. The topological polar surface area (TPSA) is 81.7 Å². The molecule has 1 atom stereocenters. The van der Waals surface area contributed by atoms with Gasteiger partial charge >= 0.3 is 6.03 Å². The van der Waals surface area contributed by atoms with Crippen molar-refractivity contribution in [1.29, 1.82) is 0 Å². The Kier molecular flexibility index (Phi) is 4.51. The molecule has 0 bridgehead atoms. The molecule has 0 aliphatic carbocycles. The summed E-state index contributed by atoms with van der Waals surface area (Å²) >= 11 is 5.82. The second-order valence-electron chi connectivity index (χ2n) is 6.34. The number of nitrogens with one attached hydrogen (secondary N) is 2. The van der Waals surface area contributed by atoms with Crippen molar-refractivity contribution >= 4 is 29.2 Å². The lowest BCUT2D eigenvalue weighted by Crippen LogP contribution is -2.45. The van der Waals surface area contributed by atoms with Crippen LogP contribution in [0.4, 0.5) is 10.5 Å². The van der Waals surface area contributed by atoms with E-state index in [0.29, 0.717) is 11.6 Å². The normalized spacial score (nSPS) is 18.5. The minimum absolute atomic E-state index is 0.0170. The van der Waals surface area contributed by atoms with Gasteiger partial charge in [0, 0.05) is 23.5 Å². The van der Waals surface area contributed by atoms with Crippen LogP contribution in [0.1, 0.15) is 27.2 Å². The summed E-state index contributed by atoms with van der Waals surface area (Å²) in [5, 5.41) is 15.3. The van der Waals surface area contributed by atoms with Crippen molar-refractivity contribution in [3.63, 3.8) is 0 Å². The van der Waals surface area contributed by atoms with Crippen LogP contribution in [0.5, 0.6) is 5.75 Å². The summed E-state index contributed by atoms with van der Waals surface area (Å²) in [6, 6.07) is 3.64.